The first-order chi connectivity index (χ1) is 59.2. The van der Waals surface area contributed by atoms with Crippen LogP contribution in [0.5, 0.6) is 0 Å². The van der Waals surface area contributed by atoms with Crippen LogP contribution in [0.25, 0.3) is 0 Å². The molecule has 9 fully saturated rings. The van der Waals surface area contributed by atoms with Crippen LogP contribution in [0.2, 0.25) is 0 Å². The molecule has 9 rings (SSSR count). The quantitative estimate of drug-likeness (QED) is 0.0102. The number of halogens is 17. The van der Waals surface area contributed by atoms with E-state index in [0.29, 0.717) is 69.8 Å². The number of carbonyl (C=O) groups is 5. The van der Waals surface area contributed by atoms with E-state index in [-0.39, 0.29) is 167 Å². The molecule has 0 spiro atoms. The van der Waals surface area contributed by atoms with Gasteiger partial charge in [-0.3, -0.25) is 14.0 Å². The van der Waals surface area contributed by atoms with E-state index < -0.39 is 127 Å². The molecule has 21 nitrogen and oxygen atoms in total. The molecule has 0 amide bonds. The molecule has 3 heterocycles. The van der Waals surface area contributed by atoms with Gasteiger partial charge in [0.15, 0.2) is 16.8 Å². The summed E-state index contributed by atoms with van der Waals surface area (Å²) in [6.45, 7) is 38.4. The molecule has 3 atom stereocenters. The van der Waals surface area contributed by atoms with Gasteiger partial charge in [-0.1, -0.05) is 88.5 Å². The van der Waals surface area contributed by atoms with Gasteiger partial charge in [0.25, 0.3) is 5.60 Å². The first kappa shape index (κ1) is 149. The van der Waals surface area contributed by atoms with E-state index in [4.69, 9.17) is 34.9 Å². The number of alkyl halides is 16. The monoisotopic (exact) mass is 2050 g/mol. The Hall–Kier alpha value is -2.77. The number of ether oxygens (including phenoxy) is 10. The van der Waals surface area contributed by atoms with Gasteiger partial charge in [0, 0.05) is 43.1 Å². The van der Waals surface area contributed by atoms with Crippen molar-refractivity contribution in [1.82, 2.24) is 0 Å². The second-order valence-corrected chi connectivity index (χ2v) is 38.2. The first-order valence-corrected chi connectivity index (χ1v) is 44.5. The second kappa shape index (κ2) is 69.3. The van der Waals surface area contributed by atoms with Gasteiger partial charge in [0.2, 0.25) is 0 Å². The molecule has 0 aromatic carbocycles. The Balaban J connectivity index is -0.000000167. The summed E-state index contributed by atoms with van der Waals surface area (Å²) >= 11 is 0. The second-order valence-electron chi connectivity index (χ2n) is 38.2. The third-order valence-electron chi connectivity index (χ3n) is 24.6. The van der Waals surface area contributed by atoms with Crippen LogP contribution in [0.15, 0.2) is 36.5 Å². The molecule has 6 saturated carbocycles. The third-order valence-corrected chi connectivity index (χ3v) is 24.6. The van der Waals surface area contributed by atoms with Crippen molar-refractivity contribution < 1.29 is 217 Å². The Bertz CT molecular complexity index is 3080. The maximum absolute atomic E-state index is 12.7. The zero-order chi connectivity index (χ0) is 101. The third kappa shape index (κ3) is 59.0. The summed E-state index contributed by atoms with van der Waals surface area (Å²) in [5, 5.41) is 56.5. The van der Waals surface area contributed by atoms with Gasteiger partial charge in [0.1, 0.15) is 6.10 Å². The topological polar surface area (TPSA) is 302 Å². The van der Waals surface area contributed by atoms with Gasteiger partial charge in [-0.05, 0) is 292 Å². The van der Waals surface area contributed by atoms with Gasteiger partial charge in [-0.2, -0.15) is 65.9 Å². The number of hydrogen-bond acceptors (Lipinski definition) is 21. The molecule has 136 heavy (non-hydrogen) atoms. The average molecular weight is 2050 g/mol. The number of aliphatic hydroxyl groups excluding tert-OH is 2. The van der Waals surface area contributed by atoms with E-state index in [1.165, 1.54) is 92.3 Å². The summed E-state index contributed by atoms with van der Waals surface area (Å²) in [4.78, 5) is 54.9. The van der Waals surface area contributed by atoms with Crippen LogP contribution in [-0.2, 0) is 71.3 Å². The minimum Gasteiger partial charge on any atom is -1.00 e. The van der Waals surface area contributed by atoms with Crippen molar-refractivity contribution in [2.45, 2.75) is 414 Å². The molecule has 0 aromatic heterocycles. The van der Waals surface area contributed by atoms with E-state index in [1.54, 1.807) is 34.6 Å². The van der Waals surface area contributed by atoms with Crippen LogP contribution in [0.3, 0.4) is 0 Å². The summed E-state index contributed by atoms with van der Waals surface area (Å²) in [6.07, 6.45) is 1.52. The van der Waals surface area contributed by atoms with Crippen molar-refractivity contribution in [3.63, 3.8) is 0 Å². The van der Waals surface area contributed by atoms with E-state index >= 15 is 0 Å². The van der Waals surface area contributed by atoms with Gasteiger partial charge in [-0.25, -0.2) is 14.4 Å². The minimum atomic E-state index is -5.36. The molecule has 9 aliphatic rings. The summed E-state index contributed by atoms with van der Waals surface area (Å²) in [7, 11) is 1.88. The van der Waals surface area contributed by atoms with E-state index in [0.717, 1.165) is 122 Å². The molecule has 0 radical (unpaired) electrons. The van der Waals surface area contributed by atoms with Gasteiger partial charge in [0.05, 0.1) is 95.6 Å². The van der Waals surface area contributed by atoms with Gasteiger partial charge in [-0.15, -0.1) is 0 Å². The minimum absolute atomic E-state index is 0. The predicted molar refractivity (Wildman–Crippen MR) is 489 cm³/mol. The van der Waals surface area contributed by atoms with E-state index in [9.17, 15) is 120 Å². The van der Waals surface area contributed by atoms with Crippen LogP contribution >= 0.6 is 0 Å². The Labute approximate surface area is 849 Å². The predicted octanol–water partition coefficient (Wildman–Crippen LogP) is 17.0. The molecule has 6 aliphatic carbocycles. The van der Waals surface area contributed by atoms with Crippen LogP contribution in [0, 0.1) is 60.7 Å². The van der Waals surface area contributed by atoms with Crippen LogP contribution in [0.4, 0.5) is 70.2 Å². The Morgan fingerprint density at radius 2 is 0.640 bits per heavy atom. The number of epoxide rings is 1. The number of rotatable bonds is 19. The number of methoxy groups -OCH3 is 2. The molecule has 0 bridgehead atoms. The maximum atomic E-state index is 12.7. The Morgan fingerprint density at radius 3 is 0.838 bits per heavy atom. The molecule has 0 aromatic rings. The summed E-state index contributed by atoms with van der Waals surface area (Å²) < 4.78 is 247. The smallest absolute Gasteiger partial charge is 1.00 e. The normalized spacial score (nSPS) is 24.8. The standard InChI is InChI=1S/C17H27F3O4.C14H25F3O2.C13H23F3O3.C10H20O.C9H16O2.C8H14O3.C8H10O3.C4H2F6O.2C4H8O.CH3F.3CH4.CH3.ClH.Mg.Na.H/c1-11(2)14(21)24-13-8-6-12(7-9-13)15(3,4)23-10-16(5,22)17(18,19)20;1-10-5-7-11(8-6-10)12(2,3)19-9-13(4,18)14(15,16)17;1-11(2,9-4-6-10(17)7-5-9)19-8-12(3,18)13(14,15)16;1-8-4-6-9(7-5-8)10(2,3)11;1-7-3-5-8(6-4-7)9(10)11-2;1-11-8(10)6-2-4-7(9)5-3-6;1-5(2)7(9)11-8(10)6(3)4;5-3(6,7)2(1-11-2)4(8,9)10;2*1-2-4-5-3-1;1-2;;;;;;;;/h12-13,22H,1,6-10H2,2-5H3;10-11,18H,5-9H2,1-4H3;9-10,17-18H,4-8H2,1-3H3;8-9,11H,4-7H2,1-3H3;7-8H,3-6H2,1-2H3;6-7,9H,2-5H2,1H3;1,3H2,2,4H3;1H2;2*1-4H2;1H3;3*1H4;1H3;1H;;;/q;;;;;;;;;;;;;;-1;;+2;+1;-1/p-1/i;;;;;;;;;;1D;;;;;;;;. The van der Waals surface area contributed by atoms with E-state index in [2.05, 4.69) is 59.5 Å². The molecule has 804 valence electrons. The Morgan fingerprint density at radius 1 is 0.419 bits per heavy atom. The molecule has 3 aliphatic heterocycles. The number of esters is 5. The van der Waals surface area contributed by atoms with Crippen LogP contribution in [-0.4, -0.2) is 252 Å². The SMILES string of the molecule is C.C.C.C1CCOC1.C1CCOC1.C=C(C)C(=O)OC(=O)C(=C)C.C=C(C)C(=O)OC1CCC(C(C)(C)OCC(C)(O)C(F)(F)F)CC1.CC(C)(OCC(C)(O)C(F)(F)F)C1CCC(O)CC1.CC1CCC(C(C)(C)O)CC1.CC1CCC(C(C)(C)OCC(C)(O)C(F)(F)F)CC1.COC(=O)C1CCC(C)CC1.COC(=O)C1CCC(O)CC1.FC(F)(F)C1(C(F)(F)F)CO1.[2H]CF.[CH3-].[Cl-].[H-].[Mg+2].[Na+]. The van der Waals surface area contributed by atoms with Crippen molar-refractivity contribution >= 4 is 52.9 Å². The van der Waals surface area contributed by atoms with Crippen molar-refractivity contribution in [3.8, 4) is 0 Å². The van der Waals surface area contributed by atoms with E-state index in [1.807, 2.05) is 27.7 Å². The van der Waals surface area contributed by atoms with Crippen molar-refractivity contribution in [3.05, 3.63) is 43.9 Å². The molecule has 6 N–H and O–H groups in total. The van der Waals surface area contributed by atoms with Crippen molar-refractivity contribution in [2.24, 2.45) is 53.3 Å². The fourth-order valence-corrected chi connectivity index (χ4v) is 14.4. The summed E-state index contributed by atoms with van der Waals surface area (Å²) in [6, 6.07) is 0. The fraction of sp³-hybridized carbons (Fsp3) is 0.875. The van der Waals surface area contributed by atoms with Gasteiger partial charge >= 0.3 is 113 Å². The maximum Gasteiger partial charge on any atom is 2.00 e. The Kier molecular flexibility index (Phi) is 75.7. The largest absolute Gasteiger partial charge is 2.00 e. The van der Waals surface area contributed by atoms with Crippen LogP contribution in [0.1, 0.15) is 323 Å². The fourth-order valence-electron chi connectivity index (χ4n) is 14.4. The molecule has 3 saturated heterocycles. The zero-order valence-corrected chi connectivity index (χ0v) is 86.8. The number of aliphatic hydroxyl groups is 6. The summed E-state index contributed by atoms with van der Waals surface area (Å²) in [5.41, 5.74) is -14.3. The van der Waals surface area contributed by atoms with Crippen molar-refractivity contribution in [2.75, 3.05) is 74.2 Å². The molecular weight excluding hydrogens is 1880 g/mol. The number of carbonyl (C=O) groups excluding carboxylic acids is 5. The molecule has 40 heteroatoms. The average Bonchev–Trinajstić information content (AvgIpc) is 1.57. The number of hydrogen-bond donors (Lipinski definition) is 6. The van der Waals surface area contributed by atoms with Crippen LogP contribution < -0.4 is 42.0 Å². The molecular formula is C96H172ClF16MgNaO21. The summed E-state index contributed by atoms with van der Waals surface area (Å²) in [5.74, 6) is 1.53. The first-order valence-electron chi connectivity index (χ1n) is 45.2. The zero-order valence-electron chi connectivity index (χ0n) is 84.7. The molecule has 3 unspecified atom stereocenters. The van der Waals surface area contributed by atoms with Gasteiger partial charge < -0.3 is 99.3 Å². The van der Waals surface area contributed by atoms with Crippen molar-refractivity contribution in [1.29, 1.82) is 0 Å².